The highest BCUT2D eigenvalue weighted by molar-refractivity contribution is 6.02. The number of amidine groups is 1. The van der Waals surface area contributed by atoms with E-state index in [-0.39, 0.29) is 0 Å². The molecule has 0 aliphatic carbocycles. The van der Waals surface area contributed by atoms with Crippen LogP contribution in [-0.4, -0.2) is 32.1 Å². The molecule has 0 bridgehead atoms. The number of hydrogen-bond acceptors (Lipinski definition) is 5. The van der Waals surface area contributed by atoms with E-state index in [0.717, 1.165) is 71.1 Å². The number of aliphatic imine (C=N–C) groups is 1. The summed E-state index contributed by atoms with van der Waals surface area (Å²) in [6.07, 6.45) is 1.90. The van der Waals surface area contributed by atoms with Crippen LogP contribution < -0.4 is 14.8 Å². The van der Waals surface area contributed by atoms with Gasteiger partial charge in [0.25, 0.3) is 0 Å². The van der Waals surface area contributed by atoms with Crippen molar-refractivity contribution in [3.63, 3.8) is 0 Å². The summed E-state index contributed by atoms with van der Waals surface area (Å²) in [6.45, 7) is 3.09. The predicted octanol–water partition coefficient (Wildman–Crippen LogP) is 5.69. The van der Waals surface area contributed by atoms with Gasteiger partial charge >= 0.3 is 0 Å². The van der Waals surface area contributed by atoms with E-state index in [9.17, 15) is 0 Å². The Labute approximate surface area is 187 Å². The fourth-order valence-electron chi connectivity index (χ4n) is 3.73. The van der Waals surface area contributed by atoms with Gasteiger partial charge in [-0.15, -0.1) is 0 Å². The first-order valence-electron chi connectivity index (χ1n) is 11.1. The molecule has 0 saturated heterocycles. The van der Waals surface area contributed by atoms with Gasteiger partial charge in [-0.05, 0) is 61.4 Å². The first kappa shape index (κ1) is 20.2. The molecule has 1 aliphatic heterocycles. The maximum Gasteiger partial charge on any atom is 0.135 e. The normalized spacial score (nSPS) is 13.1. The molecule has 2 heterocycles. The van der Waals surface area contributed by atoms with Crippen molar-refractivity contribution in [2.45, 2.75) is 12.8 Å². The fraction of sp³-hybridized carbons (Fsp3) is 0.222. The zero-order chi connectivity index (χ0) is 21.6. The van der Waals surface area contributed by atoms with Crippen molar-refractivity contribution in [3.8, 4) is 22.8 Å². The van der Waals surface area contributed by atoms with E-state index in [4.69, 9.17) is 13.9 Å². The van der Waals surface area contributed by atoms with E-state index in [1.807, 2.05) is 54.6 Å². The monoisotopic (exact) mass is 426 g/mol. The van der Waals surface area contributed by atoms with Crippen LogP contribution in [-0.2, 0) is 0 Å². The van der Waals surface area contributed by atoms with E-state index in [1.165, 1.54) is 0 Å². The summed E-state index contributed by atoms with van der Waals surface area (Å²) in [7, 11) is 0. The molecule has 0 radical (unpaired) electrons. The van der Waals surface area contributed by atoms with Crippen LogP contribution in [0.4, 0.5) is 0 Å². The Morgan fingerprint density at radius 3 is 2.22 bits per heavy atom. The van der Waals surface area contributed by atoms with Crippen molar-refractivity contribution >= 4 is 16.8 Å². The van der Waals surface area contributed by atoms with Gasteiger partial charge in [0.05, 0.1) is 19.8 Å². The first-order chi connectivity index (χ1) is 15.8. The van der Waals surface area contributed by atoms with Gasteiger partial charge in [-0.2, -0.15) is 0 Å². The van der Waals surface area contributed by atoms with Crippen LogP contribution in [0.15, 0.2) is 88.3 Å². The molecule has 5 rings (SSSR count). The number of nitrogens with zero attached hydrogens (tertiary/aromatic N) is 1. The Balaban J connectivity index is 1.13. The Bertz CT molecular complexity index is 1200. The number of nitrogens with one attached hydrogen (secondary N) is 1. The number of unbranched alkanes of at least 4 members (excludes halogenated alkanes) is 1. The predicted molar refractivity (Wildman–Crippen MR) is 128 cm³/mol. The summed E-state index contributed by atoms with van der Waals surface area (Å²) in [5.41, 5.74) is 2.96. The molecular weight excluding hydrogens is 400 g/mol. The van der Waals surface area contributed by atoms with E-state index in [0.29, 0.717) is 13.2 Å². The van der Waals surface area contributed by atoms with Crippen LogP contribution in [0.3, 0.4) is 0 Å². The fourth-order valence-corrected chi connectivity index (χ4v) is 3.73. The number of benzene rings is 3. The molecule has 0 fully saturated rings. The molecule has 0 amide bonds. The lowest BCUT2D eigenvalue weighted by Crippen LogP contribution is -2.19. The minimum Gasteiger partial charge on any atom is -0.494 e. The van der Waals surface area contributed by atoms with Gasteiger partial charge in [0, 0.05) is 23.1 Å². The summed E-state index contributed by atoms with van der Waals surface area (Å²) in [5, 5.41) is 4.39. The van der Waals surface area contributed by atoms with Gasteiger partial charge in [0.15, 0.2) is 0 Å². The average molecular weight is 427 g/mol. The number of ether oxygens (including phenoxy) is 2. The van der Waals surface area contributed by atoms with Crippen molar-refractivity contribution in [2.75, 3.05) is 26.3 Å². The third-order valence-corrected chi connectivity index (χ3v) is 5.43. The van der Waals surface area contributed by atoms with Gasteiger partial charge in [-0.25, -0.2) is 0 Å². The van der Waals surface area contributed by atoms with Crippen molar-refractivity contribution in [1.82, 2.24) is 5.32 Å². The van der Waals surface area contributed by atoms with Gasteiger partial charge < -0.3 is 19.2 Å². The molecule has 5 nitrogen and oxygen atoms in total. The molecule has 1 aromatic heterocycles. The topological polar surface area (TPSA) is 56.0 Å². The van der Waals surface area contributed by atoms with Crippen LogP contribution in [0.2, 0.25) is 0 Å². The third-order valence-electron chi connectivity index (χ3n) is 5.43. The van der Waals surface area contributed by atoms with Gasteiger partial charge in [-0.1, -0.05) is 30.3 Å². The van der Waals surface area contributed by atoms with Crippen LogP contribution in [0, 0.1) is 0 Å². The lowest BCUT2D eigenvalue weighted by molar-refractivity contribution is 0.266. The van der Waals surface area contributed by atoms with Crippen molar-refractivity contribution < 1.29 is 13.9 Å². The quantitative estimate of drug-likeness (QED) is 0.350. The van der Waals surface area contributed by atoms with Crippen molar-refractivity contribution in [3.05, 3.63) is 84.4 Å². The Kier molecular flexibility index (Phi) is 6.06. The Morgan fingerprint density at radius 2 is 1.50 bits per heavy atom. The second-order valence-corrected chi connectivity index (χ2v) is 7.76. The summed E-state index contributed by atoms with van der Waals surface area (Å²) < 4.78 is 17.7. The molecule has 4 aromatic rings. The highest BCUT2D eigenvalue weighted by atomic mass is 16.5. The highest BCUT2D eigenvalue weighted by Gasteiger charge is 2.12. The van der Waals surface area contributed by atoms with E-state index < -0.39 is 0 Å². The molecule has 32 heavy (non-hydrogen) atoms. The van der Waals surface area contributed by atoms with E-state index >= 15 is 0 Å². The van der Waals surface area contributed by atoms with E-state index in [2.05, 4.69) is 34.6 Å². The first-order valence-corrected chi connectivity index (χ1v) is 11.1. The number of rotatable bonds is 9. The number of furan rings is 1. The smallest absolute Gasteiger partial charge is 0.135 e. The van der Waals surface area contributed by atoms with Crippen LogP contribution in [0.25, 0.3) is 22.3 Å². The zero-order valence-corrected chi connectivity index (χ0v) is 17.9. The molecule has 5 heteroatoms. The summed E-state index contributed by atoms with van der Waals surface area (Å²) in [6, 6.07) is 26.2. The second-order valence-electron chi connectivity index (χ2n) is 7.76. The minimum atomic E-state index is 0.669. The Morgan fingerprint density at radius 1 is 0.781 bits per heavy atom. The molecule has 3 aromatic carbocycles. The van der Waals surface area contributed by atoms with Gasteiger partial charge in [0.1, 0.15) is 28.7 Å². The SMILES string of the molecule is c1ccc(OCCCCOc2ccc(-c3cc4ccc(C5=NCCN5)cc4o3)cc2)cc1. The maximum absolute atomic E-state index is 6.12. The minimum absolute atomic E-state index is 0.669. The number of hydrogen-bond donors (Lipinski definition) is 1. The molecular formula is C27H26N2O3. The van der Waals surface area contributed by atoms with Gasteiger partial charge in [0.2, 0.25) is 0 Å². The molecule has 0 spiro atoms. The van der Waals surface area contributed by atoms with Crippen LogP contribution in [0.1, 0.15) is 18.4 Å². The molecule has 1 aliphatic rings. The molecule has 162 valence electrons. The summed E-state index contributed by atoms with van der Waals surface area (Å²) >= 11 is 0. The standard InChI is InChI=1S/C27H26N2O3/c1-2-6-23(7-3-1)30-16-4-5-17-31-24-12-10-20(11-13-24)25-18-21-8-9-22(19-26(21)32-25)27-28-14-15-29-27/h1-3,6-13,18-19H,4-5,14-17H2,(H,28,29). The molecule has 0 unspecified atom stereocenters. The molecule has 0 atom stereocenters. The lowest BCUT2D eigenvalue weighted by atomic mass is 10.1. The number of para-hydroxylation sites is 1. The van der Waals surface area contributed by atoms with E-state index in [1.54, 1.807) is 0 Å². The average Bonchev–Trinajstić information content (AvgIpc) is 3.52. The molecule has 0 saturated carbocycles. The lowest BCUT2D eigenvalue weighted by Gasteiger charge is -2.08. The second kappa shape index (κ2) is 9.60. The van der Waals surface area contributed by atoms with Crippen molar-refractivity contribution in [2.24, 2.45) is 4.99 Å². The van der Waals surface area contributed by atoms with Crippen LogP contribution >= 0.6 is 0 Å². The number of fused-ring (bicyclic) bond motifs is 1. The Hall–Kier alpha value is -3.73. The summed E-state index contributed by atoms with van der Waals surface area (Å²) in [4.78, 5) is 4.49. The van der Waals surface area contributed by atoms with Crippen molar-refractivity contribution in [1.29, 1.82) is 0 Å². The van der Waals surface area contributed by atoms with Gasteiger partial charge in [-0.3, -0.25) is 4.99 Å². The zero-order valence-electron chi connectivity index (χ0n) is 17.9. The molecule has 1 N–H and O–H groups in total. The highest BCUT2D eigenvalue weighted by Crippen LogP contribution is 2.30. The van der Waals surface area contributed by atoms with Crippen LogP contribution in [0.5, 0.6) is 11.5 Å². The largest absolute Gasteiger partial charge is 0.494 e. The third kappa shape index (κ3) is 4.78. The maximum atomic E-state index is 6.12. The summed E-state index contributed by atoms with van der Waals surface area (Å²) in [5.74, 6) is 3.57.